The Morgan fingerprint density at radius 2 is 1.56 bits per heavy atom. The van der Waals surface area contributed by atoms with Crippen molar-refractivity contribution in [1.82, 2.24) is 14.5 Å². The van der Waals surface area contributed by atoms with Gasteiger partial charge in [0.1, 0.15) is 11.6 Å². The summed E-state index contributed by atoms with van der Waals surface area (Å²) in [6.07, 6.45) is -2.73. The number of hydrogen-bond donors (Lipinski definition) is 0. The summed E-state index contributed by atoms with van der Waals surface area (Å²) in [6, 6.07) is 24.5. The van der Waals surface area contributed by atoms with E-state index in [-0.39, 0.29) is 12.1 Å². The third kappa shape index (κ3) is 4.12. The second-order valence-corrected chi connectivity index (χ2v) is 7.84. The maximum Gasteiger partial charge on any atom is 0.416 e. The van der Waals surface area contributed by atoms with Crippen LogP contribution >= 0.6 is 0 Å². The van der Waals surface area contributed by atoms with Crippen LogP contribution in [0.2, 0.25) is 0 Å². The van der Waals surface area contributed by atoms with Crippen LogP contribution in [0.25, 0.3) is 33.7 Å². The molecular weight excluding hydrogens is 439 g/mol. The molecule has 2 heterocycles. The normalized spacial score (nSPS) is 11.6. The molecule has 0 unspecified atom stereocenters. The molecule has 0 saturated carbocycles. The lowest BCUT2D eigenvalue weighted by Gasteiger charge is -2.15. The fourth-order valence-electron chi connectivity index (χ4n) is 4.04. The van der Waals surface area contributed by atoms with Gasteiger partial charge in [-0.05, 0) is 35.4 Å². The van der Waals surface area contributed by atoms with Gasteiger partial charge >= 0.3 is 6.18 Å². The van der Waals surface area contributed by atoms with Gasteiger partial charge in [0.2, 0.25) is 0 Å². The van der Waals surface area contributed by atoms with Crippen molar-refractivity contribution in [2.45, 2.75) is 12.7 Å². The molecule has 5 rings (SSSR count). The van der Waals surface area contributed by atoms with Crippen molar-refractivity contribution in [3.63, 3.8) is 0 Å². The van der Waals surface area contributed by atoms with Crippen molar-refractivity contribution in [3.8, 4) is 28.3 Å². The van der Waals surface area contributed by atoms with Crippen molar-refractivity contribution >= 4 is 11.2 Å². The van der Waals surface area contributed by atoms with Crippen LogP contribution in [0.15, 0.2) is 91.1 Å². The van der Waals surface area contributed by atoms with Crippen molar-refractivity contribution < 1.29 is 17.9 Å². The lowest BCUT2D eigenvalue weighted by molar-refractivity contribution is -0.138. The fourth-order valence-corrected chi connectivity index (χ4v) is 4.04. The maximum atomic E-state index is 13.7. The Balaban J connectivity index is 1.73. The second kappa shape index (κ2) is 8.67. The molecule has 2 aromatic heterocycles. The number of pyridine rings is 1. The van der Waals surface area contributed by atoms with E-state index in [1.165, 1.54) is 12.1 Å². The first kappa shape index (κ1) is 21.7. The molecule has 4 nitrogen and oxygen atoms in total. The highest BCUT2D eigenvalue weighted by Crippen LogP contribution is 2.35. The summed E-state index contributed by atoms with van der Waals surface area (Å²) in [6.45, 7) is -0.0152. The molecule has 0 saturated heterocycles. The van der Waals surface area contributed by atoms with Crippen LogP contribution in [0.4, 0.5) is 13.2 Å². The standard InChI is InChI=1S/C27H20F3N3O/c1-34-22-12-7-11-19(14-22)26-32-25-24(15-21(16-31-25)18-8-3-2-4-9-18)33(26)17-20-10-5-6-13-23(20)27(28,29)30/h2-16H,17H2,1H3. The first-order valence-corrected chi connectivity index (χ1v) is 10.7. The fraction of sp³-hybridized carbons (Fsp3) is 0.111. The number of halogens is 3. The summed E-state index contributed by atoms with van der Waals surface area (Å²) in [5, 5.41) is 0. The van der Waals surface area contributed by atoms with Crippen LogP contribution in [0.5, 0.6) is 5.75 Å². The molecule has 5 aromatic rings. The zero-order valence-corrected chi connectivity index (χ0v) is 18.3. The number of ether oxygens (including phenoxy) is 1. The number of alkyl halides is 3. The smallest absolute Gasteiger partial charge is 0.416 e. The molecule has 0 aliphatic rings. The first-order chi connectivity index (χ1) is 16.4. The van der Waals surface area contributed by atoms with E-state index in [1.54, 1.807) is 30.0 Å². The van der Waals surface area contributed by atoms with E-state index in [9.17, 15) is 13.2 Å². The SMILES string of the molecule is COc1cccc(-c2nc3ncc(-c4ccccc4)cc3n2Cc2ccccc2C(F)(F)F)c1. The topological polar surface area (TPSA) is 39.9 Å². The highest BCUT2D eigenvalue weighted by Gasteiger charge is 2.33. The molecule has 0 radical (unpaired) electrons. The molecule has 0 aliphatic carbocycles. The summed E-state index contributed by atoms with van der Waals surface area (Å²) in [5.41, 5.74) is 3.14. The van der Waals surface area contributed by atoms with Crippen molar-refractivity contribution in [2.75, 3.05) is 7.11 Å². The van der Waals surface area contributed by atoms with Crippen LogP contribution in [0.3, 0.4) is 0 Å². The molecule has 0 fully saturated rings. The molecule has 34 heavy (non-hydrogen) atoms. The van der Waals surface area contributed by atoms with Crippen molar-refractivity contribution in [3.05, 3.63) is 102 Å². The number of fused-ring (bicyclic) bond motifs is 1. The number of aromatic nitrogens is 3. The molecule has 7 heteroatoms. The number of methoxy groups -OCH3 is 1. The number of imidazole rings is 1. The van der Waals surface area contributed by atoms with Crippen LogP contribution < -0.4 is 4.74 Å². The Bertz CT molecular complexity index is 1460. The molecule has 0 amide bonds. The van der Waals surface area contributed by atoms with E-state index >= 15 is 0 Å². The molecule has 0 bridgehead atoms. The van der Waals surface area contributed by atoms with Crippen molar-refractivity contribution in [1.29, 1.82) is 0 Å². The van der Waals surface area contributed by atoms with E-state index < -0.39 is 11.7 Å². The number of hydrogen-bond acceptors (Lipinski definition) is 3. The lowest BCUT2D eigenvalue weighted by Crippen LogP contribution is -2.12. The zero-order chi connectivity index (χ0) is 23.7. The molecule has 0 spiro atoms. The van der Waals surface area contributed by atoms with E-state index in [2.05, 4.69) is 4.98 Å². The largest absolute Gasteiger partial charge is 0.497 e. The van der Waals surface area contributed by atoms with Crippen LogP contribution in [0, 0.1) is 0 Å². The van der Waals surface area contributed by atoms with Gasteiger partial charge in [-0.25, -0.2) is 9.97 Å². The molecule has 0 aliphatic heterocycles. The molecule has 170 valence electrons. The third-order valence-electron chi connectivity index (χ3n) is 5.69. The highest BCUT2D eigenvalue weighted by molar-refractivity contribution is 5.82. The Labute approximate surface area is 194 Å². The quantitative estimate of drug-likeness (QED) is 0.289. The first-order valence-electron chi connectivity index (χ1n) is 10.7. The van der Waals surface area contributed by atoms with Crippen molar-refractivity contribution in [2.24, 2.45) is 0 Å². The predicted octanol–water partition coefficient (Wildman–Crippen LogP) is 6.84. The summed E-state index contributed by atoms with van der Waals surface area (Å²) in [4.78, 5) is 9.23. The summed E-state index contributed by atoms with van der Waals surface area (Å²) in [5.74, 6) is 1.15. The van der Waals surface area contributed by atoms with Crippen LogP contribution in [0.1, 0.15) is 11.1 Å². The Morgan fingerprint density at radius 3 is 2.32 bits per heavy atom. The minimum Gasteiger partial charge on any atom is -0.497 e. The van der Waals surface area contributed by atoms with Gasteiger partial charge in [-0.1, -0.05) is 60.7 Å². The zero-order valence-electron chi connectivity index (χ0n) is 18.3. The van der Waals surface area contributed by atoms with Gasteiger partial charge in [0.05, 0.1) is 24.7 Å². The summed E-state index contributed by atoms with van der Waals surface area (Å²) < 4.78 is 48.4. The summed E-state index contributed by atoms with van der Waals surface area (Å²) in [7, 11) is 1.56. The van der Waals surface area contributed by atoms with Crippen LogP contribution in [-0.4, -0.2) is 21.6 Å². The number of rotatable bonds is 5. The summed E-state index contributed by atoms with van der Waals surface area (Å²) >= 11 is 0. The Morgan fingerprint density at radius 1 is 0.824 bits per heavy atom. The average Bonchev–Trinajstić information content (AvgIpc) is 3.22. The van der Waals surface area contributed by atoms with E-state index in [4.69, 9.17) is 9.72 Å². The lowest BCUT2D eigenvalue weighted by atomic mass is 10.1. The minimum atomic E-state index is -4.46. The van der Waals surface area contributed by atoms with Gasteiger partial charge in [-0.3, -0.25) is 0 Å². The van der Waals surface area contributed by atoms with Gasteiger partial charge in [0.15, 0.2) is 5.65 Å². The predicted molar refractivity (Wildman–Crippen MR) is 125 cm³/mol. The average molecular weight is 459 g/mol. The second-order valence-electron chi connectivity index (χ2n) is 7.84. The molecule has 3 aromatic carbocycles. The van der Waals surface area contributed by atoms with Gasteiger partial charge in [-0.15, -0.1) is 0 Å². The Hall–Kier alpha value is -4.13. The number of nitrogens with zero attached hydrogens (tertiary/aromatic N) is 3. The molecule has 0 N–H and O–H groups in total. The highest BCUT2D eigenvalue weighted by atomic mass is 19.4. The monoisotopic (exact) mass is 459 g/mol. The van der Waals surface area contributed by atoms with Gasteiger partial charge in [0, 0.05) is 17.3 Å². The maximum absolute atomic E-state index is 13.7. The van der Waals surface area contributed by atoms with E-state index in [0.29, 0.717) is 22.7 Å². The van der Waals surface area contributed by atoms with Gasteiger partial charge in [0.25, 0.3) is 0 Å². The molecule has 0 atom stereocenters. The van der Waals surface area contributed by atoms with Crippen LogP contribution in [-0.2, 0) is 12.7 Å². The molecular formula is C27H20F3N3O. The van der Waals surface area contributed by atoms with Gasteiger partial charge in [-0.2, -0.15) is 13.2 Å². The minimum absolute atomic E-state index is 0.0152. The van der Waals surface area contributed by atoms with E-state index in [0.717, 1.165) is 22.8 Å². The third-order valence-corrected chi connectivity index (χ3v) is 5.69. The number of benzene rings is 3. The van der Waals surface area contributed by atoms with Gasteiger partial charge < -0.3 is 9.30 Å². The van der Waals surface area contributed by atoms with E-state index in [1.807, 2.05) is 54.6 Å². The Kier molecular flexibility index (Phi) is 5.53.